The first-order valence-electron chi connectivity index (χ1n) is 8.64. The highest BCUT2D eigenvalue weighted by Gasteiger charge is 2.16. The molecule has 0 spiro atoms. The third-order valence-electron chi connectivity index (χ3n) is 2.91. The number of benzene rings is 1. The van der Waals surface area contributed by atoms with E-state index >= 15 is 0 Å². The largest absolute Gasteiger partial charge is 0.471 e. The molecule has 8 heteroatoms. The molecule has 1 aromatic rings. The number of carbonyl (C=O) groups excluding carboxylic acids is 3. The Balaban J connectivity index is 0. The fourth-order valence-corrected chi connectivity index (χ4v) is 1.81. The zero-order chi connectivity index (χ0) is 21.1. The lowest BCUT2D eigenvalue weighted by Gasteiger charge is -2.25. The monoisotopic (exact) mass is 384 g/mol. The van der Waals surface area contributed by atoms with Crippen LogP contribution >= 0.6 is 0 Å². The minimum atomic E-state index is -0.359. The lowest BCUT2D eigenvalue weighted by molar-refractivity contribution is -0.148. The summed E-state index contributed by atoms with van der Waals surface area (Å²) < 4.78 is 8.98. The molecule has 0 aromatic heterocycles. The quantitative estimate of drug-likeness (QED) is 0.399. The van der Waals surface area contributed by atoms with Crippen LogP contribution in [-0.2, 0) is 30.5 Å². The van der Waals surface area contributed by atoms with Crippen molar-refractivity contribution in [1.82, 2.24) is 10.4 Å². The number of methoxy groups -OCH3 is 1. The summed E-state index contributed by atoms with van der Waals surface area (Å²) in [6.45, 7) is 6.36. The molecule has 0 bridgehead atoms. The number of aliphatic hydroxyl groups excluding tert-OH is 1. The standard InChI is InChI=1S/C15H22N2O3.C2H4O2.C2H6O/c1-12(2)17(16-3)14(18)9-10-15(19)20-11-13-7-5-4-6-8-13;1-4-2-3;1-2-3/h4-8,12,16H,9-11H2,1-3H3;2H,1H3;3H,2H2,1H3. The molecule has 0 saturated heterocycles. The van der Waals surface area contributed by atoms with E-state index in [-0.39, 0.29) is 44.0 Å². The molecule has 1 aromatic carbocycles. The fourth-order valence-electron chi connectivity index (χ4n) is 1.81. The van der Waals surface area contributed by atoms with Crippen LogP contribution in [0.3, 0.4) is 0 Å². The van der Waals surface area contributed by atoms with Crippen molar-refractivity contribution in [3.05, 3.63) is 35.9 Å². The summed E-state index contributed by atoms with van der Waals surface area (Å²) in [6.07, 6.45) is 0.239. The molecular weight excluding hydrogens is 352 g/mol. The summed E-state index contributed by atoms with van der Waals surface area (Å²) >= 11 is 0. The molecule has 0 aliphatic carbocycles. The van der Waals surface area contributed by atoms with Crippen LogP contribution < -0.4 is 5.43 Å². The lowest BCUT2D eigenvalue weighted by atomic mass is 10.2. The molecule has 2 N–H and O–H groups in total. The second kappa shape index (κ2) is 18.3. The van der Waals surface area contributed by atoms with Gasteiger partial charge in [-0.2, -0.15) is 0 Å². The summed E-state index contributed by atoms with van der Waals surface area (Å²) in [7, 11) is 3.00. The van der Waals surface area contributed by atoms with E-state index in [4.69, 9.17) is 14.6 Å². The third kappa shape index (κ3) is 15.5. The minimum Gasteiger partial charge on any atom is -0.471 e. The third-order valence-corrected chi connectivity index (χ3v) is 2.91. The maximum Gasteiger partial charge on any atom is 0.306 e. The predicted octanol–water partition coefficient (Wildman–Crippen LogP) is 1.67. The molecule has 0 radical (unpaired) electrons. The van der Waals surface area contributed by atoms with Gasteiger partial charge in [-0.3, -0.25) is 19.4 Å². The molecule has 0 unspecified atom stereocenters. The average molecular weight is 384 g/mol. The fraction of sp³-hybridized carbons (Fsp3) is 0.526. The zero-order valence-corrected chi connectivity index (χ0v) is 16.8. The van der Waals surface area contributed by atoms with Gasteiger partial charge in [-0.1, -0.05) is 30.3 Å². The van der Waals surface area contributed by atoms with Gasteiger partial charge < -0.3 is 14.6 Å². The van der Waals surface area contributed by atoms with E-state index in [9.17, 15) is 9.59 Å². The van der Waals surface area contributed by atoms with E-state index in [0.717, 1.165) is 5.56 Å². The van der Waals surface area contributed by atoms with Gasteiger partial charge in [-0.15, -0.1) is 0 Å². The predicted molar refractivity (Wildman–Crippen MR) is 102 cm³/mol. The number of rotatable bonds is 8. The highest BCUT2D eigenvalue weighted by Crippen LogP contribution is 2.05. The van der Waals surface area contributed by atoms with Gasteiger partial charge in [0.05, 0.1) is 13.5 Å². The number of carbonyl (C=O) groups is 3. The van der Waals surface area contributed by atoms with E-state index in [0.29, 0.717) is 6.47 Å². The van der Waals surface area contributed by atoms with Gasteiger partial charge in [0, 0.05) is 26.1 Å². The van der Waals surface area contributed by atoms with Gasteiger partial charge in [-0.05, 0) is 26.3 Å². The van der Waals surface area contributed by atoms with E-state index in [2.05, 4.69) is 10.2 Å². The molecule has 0 heterocycles. The van der Waals surface area contributed by atoms with Gasteiger partial charge in [0.1, 0.15) is 6.61 Å². The maximum absolute atomic E-state index is 11.9. The Morgan fingerprint density at radius 2 is 1.74 bits per heavy atom. The van der Waals surface area contributed by atoms with Crippen molar-refractivity contribution in [3.63, 3.8) is 0 Å². The summed E-state index contributed by atoms with van der Waals surface area (Å²) in [5, 5.41) is 9.07. The van der Waals surface area contributed by atoms with Crippen LogP contribution in [0.2, 0.25) is 0 Å². The molecular formula is C19H32N2O6. The first-order chi connectivity index (χ1) is 12.9. The van der Waals surface area contributed by atoms with E-state index in [1.54, 1.807) is 14.0 Å². The molecule has 27 heavy (non-hydrogen) atoms. The van der Waals surface area contributed by atoms with E-state index in [1.165, 1.54) is 12.1 Å². The summed E-state index contributed by atoms with van der Waals surface area (Å²) in [4.78, 5) is 32.4. The smallest absolute Gasteiger partial charge is 0.306 e. The first kappa shape index (κ1) is 26.8. The molecule has 8 nitrogen and oxygen atoms in total. The molecule has 1 amide bonds. The summed E-state index contributed by atoms with van der Waals surface area (Å²) in [5.74, 6) is -0.471. The number of hydrogen-bond acceptors (Lipinski definition) is 7. The Kier molecular flexibility index (Phi) is 18.2. The van der Waals surface area contributed by atoms with E-state index < -0.39 is 0 Å². The van der Waals surface area contributed by atoms with Crippen LogP contribution in [-0.4, -0.2) is 55.3 Å². The number of hydrazine groups is 1. The van der Waals surface area contributed by atoms with Crippen LogP contribution in [0, 0.1) is 0 Å². The second-order valence-corrected chi connectivity index (χ2v) is 5.38. The number of nitrogens with one attached hydrogen (secondary N) is 1. The molecule has 0 aliphatic heterocycles. The number of amides is 1. The number of aliphatic hydroxyl groups is 1. The summed E-state index contributed by atoms with van der Waals surface area (Å²) in [6, 6.07) is 9.51. The Morgan fingerprint density at radius 1 is 1.22 bits per heavy atom. The number of esters is 1. The van der Waals surface area contributed by atoms with Gasteiger partial charge in [0.15, 0.2) is 0 Å². The first-order valence-corrected chi connectivity index (χ1v) is 8.64. The normalized spacial score (nSPS) is 9.15. The highest BCUT2D eigenvalue weighted by molar-refractivity contribution is 5.81. The zero-order valence-electron chi connectivity index (χ0n) is 16.8. The summed E-state index contributed by atoms with van der Waals surface area (Å²) in [5.41, 5.74) is 3.75. The highest BCUT2D eigenvalue weighted by atomic mass is 16.5. The Labute approximate surface area is 161 Å². The molecule has 1 rings (SSSR count). The van der Waals surface area contributed by atoms with Crippen molar-refractivity contribution < 1.29 is 29.0 Å². The van der Waals surface area contributed by atoms with Crippen molar-refractivity contribution in [1.29, 1.82) is 0 Å². The van der Waals surface area contributed by atoms with Crippen LogP contribution in [0.25, 0.3) is 0 Å². The molecule has 0 fully saturated rings. The Hall–Kier alpha value is -2.45. The van der Waals surface area contributed by atoms with Crippen molar-refractivity contribution >= 4 is 18.3 Å². The molecule has 154 valence electrons. The van der Waals surface area contributed by atoms with Crippen molar-refractivity contribution in [2.45, 2.75) is 46.3 Å². The van der Waals surface area contributed by atoms with Crippen LogP contribution in [0.1, 0.15) is 39.2 Å². The number of hydrogen-bond donors (Lipinski definition) is 2. The molecule has 0 atom stereocenters. The van der Waals surface area contributed by atoms with E-state index in [1.807, 2.05) is 44.2 Å². The Morgan fingerprint density at radius 3 is 2.15 bits per heavy atom. The number of ether oxygens (including phenoxy) is 2. The van der Waals surface area contributed by atoms with Gasteiger partial charge in [0.2, 0.25) is 5.91 Å². The SMILES string of the molecule is CCO.CNN(C(=O)CCC(=O)OCc1ccccc1)C(C)C.COC=O. The molecule has 0 saturated carbocycles. The van der Waals surface area contributed by atoms with Crippen molar-refractivity contribution in [3.8, 4) is 0 Å². The topological polar surface area (TPSA) is 105 Å². The van der Waals surface area contributed by atoms with Gasteiger partial charge in [0.25, 0.3) is 6.47 Å². The lowest BCUT2D eigenvalue weighted by Crippen LogP contribution is -2.45. The Bertz CT molecular complexity index is 508. The average Bonchev–Trinajstić information content (AvgIpc) is 2.66. The van der Waals surface area contributed by atoms with Crippen molar-refractivity contribution in [2.75, 3.05) is 20.8 Å². The van der Waals surface area contributed by atoms with Crippen LogP contribution in [0.5, 0.6) is 0 Å². The van der Waals surface area contributed by atoms with Gasteiger partial charge in [-0.25, -0.2) is 5.43 Å². The van der Waals surface area contributed by atoms with Crippen LogP contribution in [0.4, 0.5) is 0 Å². The minimum absolute atomic E-state index is 0.0489. The van der Waals surface area contributed by atoms with Gasteiger partial charge >= 0.3 is 5.97 Å². The number of nitrogens with zero attached hydrogens (tertiary/aromatic N) is 1. The van der Waals surface area contributed by atoms with Crippen LogP contribution in [0.15, 0.2) is 30.3 Å². The molecule has 0 aliphatic rings. The second-order valence-electron chi connectivity index (χ2n) is 5.38. The maximum atomic E-state index is 11.9. The van der Waals surface area contributed by atoms with Crippen molar-refractivity contribution in [2.24, 2.45) is 0 Å².